The molecule has 5 unspecified atom stereocenters. The standard InChI is InChI=1S/C16H28.C13H21F.C10H16F2.C10H20.C7H10F2/c1-12(2)16-9-13(3)6-14(4,10-16)8-15(5,7-13)11-16;1-8(2)12-10-3-9-4-11(12)7-13(14,5-9)6-10;1-9(2,3)6-4-7-8(5-6)10(7,11)12;1-8(2)10-6-4-9(3)5-7-10;1-4-2-5-6(3-4)7(5,8)9/h12H,6-11H2,1-5H3;8-12H,3-7H2,1-2H3;6-8H,4-5H2,1-3H3;8-10H,4-7H2,1-3H3;4-6H,2-3H2,1H3/t;;;;4?,5-,6+. The van der Waals surface area contributed by atoms with Gasteiger partial charge in [-0.25, -0.2) is 22.0 Å². The van der Waals surface area contributed by atoms with Crippen LogP contribution in [0.3, 0.4) is 0 Å². The third-order valence-corrected chi connectivity index (χ3v) is 20.5. The lowest BCUT2D eigenvalue weighted by Crippen LogP contribution is -2.60. The highest BCUT2D eigenvalue weighted by molar-refractivity contribution is 5.15. The molecule has 0 aliphatic heterocycles. The number of rotatable bonds is 3. The molecule has 0 amide bonds. The molecule has 0 aromatic carbocycles. The Hall–Kier alpha value is -0.350. The molecule has 0 N–H and O–H groups in total. The maximum absolute atomic E-state index is 14.3. The zero-order chi connectivity index (χ0) is 45.1. The van der Waals surface area contributed by atoms with E-state index < -0.39 is 17.5 Å². The first-order valence-electron chi connectivity index (χ1n) is 26.4. The summed E-state index contributed by atoms with van der Waals surface area (Å²) >= 11 is 0. The number of hydrogen-bond donors (Lipinski definition) is 0. The number of halogens is 5. The van der Waals surface area contributed by atoms with Crippen LogP contribution in [0.4, 0.5) is 22.0 Å². The highest BCUT2D eigenvalue weighted by Gasteiger charge is 2.72. The Morgan fingerprint density at radius 2 is 0.902 bits per heavy atom. The molecular formula is C56H95F5. The fourth-order valence-electron chi connectivity index (χ4n) is 18.6. The van der Waals surface area contributed by atoms with Crippen molar-refractivity contribution < 1.29 is 22.0 Å². The van der Waals surface area contributed by atoms with E-state index in [0.717, 1.165) is 98.2 Å². The van der Waals surface area contributed by atoms with Gasteiger partial charge in [-0.15, -0.1) is 0 Å². The molecule has 0 nitrogen and oxygen atoms in total. The van der Waals surface area contributed by atoms with Gasteiger partial charge in [0, 0.05) is 23.7 Å². The topological polar surface area (TPSA) is 0 Å². The van der Waals surface area contributed by atoms with Crippen molar-refractivity contribution >= 4 is 0 Å². The smallest absolute Gasteiger partial charge is 0.244 e. The Bertz CT molecular complexity index is 1410. The molecule has 5 heteroatoms. The first-order valence-corrected chi connectivity index (χ1v) is 26.4. The zero-order valence-corrected chi connectivity index (χ0v) is 42.0. The van der Waals surface area contributed by atoms with Gasteiger partial charge < -0.3 is 0 Å². The quantitative estimate of drug-likeness (QED) is 0.248. The molecule has 13 saturated carbocycles. The van der Waals surface area contributed by atoms with Crippen LogP contribution in [0.25, 0.3) is 0 Å². The largest absolute Gasteiger partial charge is 0.254 e. The molecule has 0 saturated heterocycles. The van der Waals surface area contributed by atoms with Gasteiger partial charge in [-0.05, 0) is 201 Å². The number of alkyl halides is 5. The molecule has 0 aromatic rings. The molecule has 61 heavy (non-hydrogen) atoms. The first-order chi connectivity index (χ1) is 27.9. The maximum atomic E-state index is 14.3. The van der Waals surface area contributed by atoms with Gasteiger partial charge >= 0.3 is 0 Å². The molecular weight excluding hydrogens is 768 g/mol. The summed E-state index contributed by atoms with van der Waals surface area (Å²) in [6.45, 7) is 33.0. The fraction of sp³-hybridized carbons (Fsp3) is 1.00. The summed E-state index contributed by atoms with van der Waals surface area (Å²) < 4.78 is 64.8. The molecule has 0 spiro atoms. The number of hydrogen-bond acceptors (Lipinski definition) is 0. The summed E-state index contributed by atoms with van der Waals surface area (Å²) in [7, 11) is 0. The van der Waals surface area contributed by atoms with E-state index in [-0.39, 0.29) is 29.1 Å². The van der Waals surface area contributed by atoms with Gasteiger partial charge in [0.15, 0.2) is 0 Å². The predicted molar refractivity (Wildman–Crippen MR) is 245 cm³/mol. The zero-order valence-electron chi connectivity index (χ0n) is 42.0. The number of fused-ring (bicyclic) bond motifs is 2. The van der Waals surface area contributed by atoms with Gasteiger partial charge in [0.25, 0.3) is 11.8 Å². The van der Waals surface area contributed by atoms with E-state index in [2.05, 4.69) is 96.9 Å². The maximum Gasteiger partial charge on any atom is 0.254 e. The van der Waals surface area contributed by atoms with Gasteiger partial charge in [-0.2, -0.15) is 0 Å². The molecule has 13 aliphatic rings. The van der Waals surface area contributed by atoms with Crippen LogP contribution >= 0.6 is 0 Å². The lowest BCUT2D eigenvalue weighted by Gasteiger charge is -2.70. The molecule has 13 aliphatic carbocycles. The van der Waals surface area contributed by atoms with Gasteiger partial charge in [0.2, 0.25) is 0 Å². The van der Waals surface area contributed by atoms with E-state index in [0.29, 0.717) is 33.5 Å². The van der Waals surface area contributed by atoms with Crippen LogP contribution < -0.4 is 0 Å². The summed E-state index contributed by atoms with van der Waals surface area (Å²) in [5.41, 5.74) is 2.19. The van der Waals surface area contributed by atoms with Crippen molar-refractivity contribution in [1.29, 1.82) is 0 Å². The average Bonchev–Trinajstić information content (AvgIpc) is 3.52. The van der Waals surface area contributed by atoms with Crippen molar-refractivity contribution in [3.8, 4) is 0 Å². The monoisotopic (exact) mass is 863 g/mol. The predicted octanol–water partition coefficient (Wildman–Crippen LogP) is 17.9. The molecule has 7 atom stereocenters. The summed E-state index contributed by atoms with van der Waals surface area (Å²) in [6.07, 6.45) is 23.4. The Labute approximate surface area is 373 Å². The second-order valence-electron chi connectivity index (χ2n) is 28.6. The molecule has 0 radical (unpaired) electrons. The van der Waals surface area contributed by atoms with Crippen molar-refractivity contribution in [3.63, 3.8) is 0 Å². The molecule has 0 aromatic heterocycles. The van der Waals surface area contributed by atoms with E-state index in [4.69, 9.17) is 0 Å². The molecule has 354 valence electrons. The van der Waals surface area contributed by atoms with Crippen LogP contribution in [0.1, 0.15) is 219 Å². The highest BCUT2D eigenvalue weighted by Crippen LogP contribution is 2.75. The Kier molecular flexibility index (Phi) is 13.1. The van der Waals surface area contributed by atoms with E-state index >= 15 is 0 Å². The minimum atomic E-state index is -2.29. The van der Waals surface area contributed by atoms with Crippen LogP contribution in [0.15, 0.2) is 0 Å². The third-order valence-electron chi connectivity index (χ3n) is 20.5. The Balaban J connectivity index is 0.000000117. The van der Waals surface area contributed by atoms with Gasteiger partial charge in [-0.1, -0.05) is 110 Å². The van der Waals surface area contributed by atoms with E-state index in [9.17, 15) is 22.0 Å². The van der Waals surface area contributed by atoms with Crippen molar-refractivity contribution in [3.05, 3.63) is 0 Å². The molecule has 13 fully saturated rings. The van der Waals surface area contributed by atoms with Gasteiger partial charge in [0.1, 0.15) is 5.67 Å². The average molecular weight is 863 g/mol. The Morgan fingerprint density at radius 3 is 1.23 bits per heavy atom. The first kappa shape index (κ1) is 48.6. The van der Waals surface area contributed by atoms with Crippen molar-refractivity contribution in [1.82, 2.24) is 0 Å². The lowest BCUT2D eigenvalue weighted by atomic mass is 9.35. The minimum Gasteiger partial charge on any atom is -0.244 e. The summed E-state index contributed by atoms with van der Waals surface area (Å²) in [6, 6.07) is 0. The van der Waals surface area contributed by atoms with Crippen molar-refractivity contribution in [2.24, 2.45) is 116 Å². The summed E-state index contributed by atoms with van der Waals surface area (Å²) in [5.74, 6) is 3.21. The van der Waals surface area contributed by atoms with Crippen LogP contribution in [0.5, 0.6) is 0 Å². The summed E-state index contributed by atoms with van der Waals surface area (Å²) in [5, 5.41) is 0. The van der Waals surface area contributed by atoms with Gasteiger partial charge in [-0.3, -0.25) is 0 Å². The third kappa shape index (κ3) is 10.0. The molecule has 0 heterocycles. The van der Waals surface area contributed by atoms with Crippen LogP contribution in [-0.4, -0.2) is 17.5 Å². The van der Waals surface area contributed by atoms with Crippen molar-refractivity contribution in [2.45, 2.75) is 236 Å². The second-order valence-corrected chi connectivity index (χ2v) is 28.6. The summed E-state index contributed by atoms with van der Waals surface area (Å²) in [4.78, 5) is 0. The van der Waals surface area contributed by atoms with E-state index in [1.165, 1.54) is 77.0 Å². The van der Waals surface area contributed by atoms with Crippen LogP contribution in [0.2, 0.25) is 0 Å². The van der Waals surface area contributed by atoms with Crippen LogP contribution in [-0.2, 0) is 0 Å². The second kappa shape index (κ2) is 16.5. The lowest BCUT2D eigenvalue weighted by molar-refractivity contribution is -0.198. The minimum absolute atomic E-state index is 0.226. The van der Waals surface area contributed by atoms with E-state index in [1.807, 2.05) is 0 Å². The Morgan fingerprint density at radius 1 is 0.492 bits per heavy atom. The van der Waals surface area contributed by atoms with Crippen LogP contribution in [0, 0.1) is 116 Å². The van der Waals surface area contributed by atoms with E-state index in [1.54, 1.807) is 0 Å². The molecule has 8 bridgehead atoms. The molecule has 13 rings (SSSR count). The SMILES string of the molecule is CC(C)(C)C1CC2C(C1)C2(F)F.CC(C)C12CC3(C)CC(C)(CC(C)(C3)C1)C2.CC(C)C1C2CC3CC1CC(F)(C3)C2.CC1CCC(C(C)C)CC1.CC1C[C@@H]2[C@H](C1)C2(F)F. The van der Waals surface area contributed by atoms with Gasteiger partial charge in [0.05, 0.1) is 0 Å². The highest BCUT2D eigenvalue weighted by atomic mass is 19.3. The normalized spacial score (nSPS) is 50.7. The van der Waals surface area contributed by atoms with Crippen molar-refractivity contribution in [2.75, 3.05) is 0 Å². The fourth-order valence-corrected chi connectivity index (χ4v) is 18.6.